The van der Waals surface area contributed by atoms with Crippen LogP contribution in [0.1, 0.15) is 56.8 Å². The molecule has 19 heavy (non-hydrogen) atoms. The molecule has 0 aliphatic rings. The summed E-state index contributed by atoms with van der Waals surface area (Å²) < 4.78 is 0. The van der Waals surface area contributed by atoms with Crippen LogP contribution in [0.15, 0.2) is 18.3 Å². The maximum absolute atomic E-state index is 12.0. The number of carbonyl (C=O) groups is 1. The SMILES string of the molecule is CCCCCC(C)NC(=O)c1ccc(NCC)nc1. The standard InChI is InChI=1S/C15H25N3O/c1-4-6-7-8-12(3)18-15(19)13-9-10-14(16-5-2)17-11-13/h9-12H,4-8H2,1-3H3,(H,16,17)(H,18,19). The smallest absolute Gasteiger partial charge is 0.253 e. The summed E-state index contributed by atoms with van der Waals surface area (Å²) >= 11 is 0. The second kappa shape index (κ2) is 8.51. The van der Waals surface area contributed by atoms with Gasteiger partial charge in [0, 0.05) is 18.8 Å². The monoisotopic (exact) mass is 263 g/mol. The fourth-order valence-corrected chi connectivity index (χ4v) is 1.89. The van der Waals surface area contributed by atoms with Crippen LogP contribution in [0.25, 0.3) is 0 Å². The van der Waals surface area contributed by atoms with Gasteiger partial charge in [-0.2, -0.15) is 0 Å². The largest absolute Gasteiger partial charge is 0.370 e. The summed E-state index contributed by atoms with van der Waals surface area (Å²) in [5.41, 5.74) is 0.615. The molecule has 0 bridgehead atoms. The molecule has 0 aromatic carbocycles. The van der Waals surface area contributed by atoms with Crippen LogP contribution in [0.3, 0.4) is 0 Å². The second-order valence-electron chi connectivity index (χ2n) is 4.83. The van der Waals surface area contributed by atoms with Crippen LogP contribution in [-0.2, 0) is 0 Å². The Morgan fingerprint density at radius 2 is 2.11 bits per heavy atom. The molecule has 1 rings (SSSR count). The summed E-state index contributed by atoms with van der Waals surface area (Å²) in [5, 5.41) is 6.11. The van der Waals surface area contributed by atoms with E-state index in [1.165, 1.54) is 12.8 Å². The van der Waals surface area contributed by atoms with E-state index in [-0.39, 0.29) is 11.9 Å². The van der Waals surface area contributed by atoms with Gasteiger partial charge in [0.1, 0.15) is 5.82 Å². The maximum atomic E-state index is 12.0. The number of anilines is 1. The number of carbonyl (C=O) groups excluding carboxylic acids is 1. The zero-order valence-corrected chi connectivity index (χ0v) is 12.2. The molecule has 2 N–H and O–H groups in total. The van der Waals surface area contributed by atoms with E-state index >= 15 is 0 Å². The predicted octanol–water partition coefficient (Wildman–Crippen LogP) is 3.21. The van der Waals surface area contributed by atoms with E-state index in [1.54, 1.807) is 12.3 Å². The molecule has 0 saturated carbocycles. The van der Waals surface area contributed by atoms with Crippen LogP contribution in [0.5, 0.6) is 0 Å². The average Bonchev–Trinajstić information content (AvgIpc) is 2.40. The first-order valence-corrected chi connectivity index (χ1v) is 7.18. The van der Waals surface area contributed by atoms with Crippen LogP contribution in [0.2, 0.25) is 0 Å². The van der Waals surface area contributed by atoms with E-state index in [4.69, 9.17) is 0 Å². The first kappa shape index (κ1) is 15.5. The van der Waals surface area contributed by atoms with Gasteiger partial charge < -0.3 is 10.6 Å². The molecule has 1 heterocycles. The van der Waals surface area contributed by atoms with Gasteiger partial charge in [-0.15, -0.1) is 0 Å². The molecule has 1 aromatic heterocycles. The fraction of sp³-hybridized carbons (Fsp3) is 0.600. The van der Waals surface area contributed by atoms with E-state index in [9.17, 15) is 4.79 Å². The number of rotatable bonds is 8. The number of amides is 1. The molecule has 0 fully saturated rings. The van der Waals surface area contributed by atoms with Crippen LogP contribution in [0.4, 0.5) is 5.82 Å². The highest BCUT2D eigenvalue weighted by Gasteiger charge is 2.09. The van der Waals surface area contributed by atoms with Gasteiger partial charge in [-0.05, 0) is 32.4 Å². The zero-order valence-electron chi connectivity index (χ0n) is 12.2. The Labute approximate surface area is 116 Å². The minimum absolute atomic E-state index is 0.0421. The van der Waals surface area contributed by atoms with E-state index in [0.29, 0.717) is 5.56 Å². The molecule has 1 unspecified atom stereocenters. The number of nitrogens with one attached hydrogen (secondary N) is 2. The molecule has 0 aliphatic carbocycles. The summed E-state index contributed by atoms with van der Waals surface area (Å²) in [6.45, 7) is 7.07. The van der Waals surface area contributed by atoms with E-state index in [1.807, 2.05) is 19.9 Å². The number of pyridine rings is 1. The first-order valence-electron chi connectivity index (χ1n) is 7.18. The quantitative estimate of drug-likeness (QED) is 0.708. The molecule has 0 saturated heterocycles. The maximum Gasteiger partial charge on any atom is 0.253 e. The van der Waals surface area contributed by atoms with Crippen molar-refractivity contribution in [3.63, 3.8) is 0 Å². The van der Waals surface area contributed by atoms with E-state index in [2.05, 4.69) is 22.5 Å². The molecule has 0 aliphatic heterocycles. The lowest BCUT2D eigenvalue weighted by Crippen LogP contribution is -2.32. The van der Waals surface area contributed by atoms with Crippen LogP contribution >= 0.6 is 0 Å². The zero-order chi connectivity index (χ0) is 14.1. The van der Waals surface area contributed by atoms with Crippen LogP contribution < -0.4 is 10.6 Å². The van der Waals surface area contributed by atoms with Crippen LogP contribution in [-0.4, -0.2) is 23.5 Å². The van der Waals surface area contributed by atoms with Crippen LogP contribution in [0, 0.1) is 0 Å². The number of nitrogens with zero attached hydrogens (tertiary/aromatic N) is 1. The van der Waals surface area contributed by atoms with Crippen molar-refractivity contribution < 1.29 is 4.79 Å². The van der Waals surface area contributed by atoms with Crippen molar-refractivity contribution in [3.05, 3.63) is 23.9 Å². The highest BCUT2D eigenvalue weighted by Crippen LogP contribution is 2.07. The Morgan fingerprint density at radius 1 is 1.32 bits per heavy atom. The lowest BCUT2D eigenvalue weighted by Gasteiger charge is -2.13. The van der Waals surface area contributed by atoms with E-state index in [0.717, 1.165) is 25.2 Å². The molecule has 4 heteroatoms. The Bertz CT molecular complexity index is 375. The number of aromatic nitrogens is 1. The normalized spacial score (nSPS) is 11.9. The van der Waals surface area contributed by atoms with E-state index < -0.39 is 0 Å². The van der Waals surface area contributed by atoms with Crippen molar-refractivity contribution in [1.29, 1.82) is 0 Å². The third kappa shape index (κ3) is 5.73. The highest BCUT2D eigenvalue weighted by atomic mass is 16.1. The summed E-state index contributed by atoms with van der Waals surface area (Å²) in [6, 6.07) is 3.85. The molecule has 1 atom stereocenters. The minimum atomic E-state index is -0.0421. The number of hydrogen-bond acceptors (Lipinski definition) is 3. The molecule has 4 nitrogen and oxygen atoms in total. The van der Waals surface area contributed by atoms with Gasteiger partial charge in [-0.1, -0.05) is 26.2 Å². The molecule has 1 aromatic rings. The molecular formula is C15H25N3O. The van der Waals surface area contributed by atoms with Gasteiger partial charge in [0.2, 0.25) is 0 Å². The predicted molar refractivity (Wildman–Crippen MR) is 79.5 cm³/mol. The second-order valence-corrected chi connectivity index (χ2v) is 4.83. The third-order valence-electron chi connectivity index (χ3n) is 3.00. The van der Waals surface area contributed by atoms with Crippen molar-refractivity contribution >= 4 is 11.7 Å². The Kier molecular flexibility index (Phi) is 6.93. The molecular weight excluding hydrogens is 238 g/mol. The Hall–Kier alpha value is -1.58. The van der Waals surface area contributed by atoms with Gasteiger partial charge in [-0.25, -0.2) is 4.98 Å². The Balaban J connectivity index is 2.44. The topological polar surface area (TPSA) is 54.0 Å². The fourth-order valence-electron chi connectivity index (χ4n) is 1.89. The summed E-state index contributed by atoms with van der Waals surface area (Å²) in [7, 11) is 0. The van der Waals surface area contributed by atoms with Gasteiger partial charge >= 0.3 is 0 Å². The van der Waals surface area contributed by atoms with Crippen molar-refractivity contribution in [2.45, 2.75) is 52.5 Å². The average molecular weight is 263 g/mol. The number of unbranched alkanes of at least 4 members (excludes halogenated alkanes) is 2. The van der Waals surface area contributed by atoms with Crippen molar-refractivity contribution in [2.24, 2.45) is 0 Å². The van der Waals surface area contributed by atoms with Gasteiger partial charge in [0.15, 0.2) is 0 Å². The number of hydrogen-bond donors (Lipinski definition) is 2. The Morgan fingerprint density at radius 3 is 2.68 bits per heavy atom. The molecule has 0 radical (unpaired) electrons. The highest BCUT2D eigenvalue weighted by molar-refractivity contribution is 5.94. The minimum Gasteiger partial charge on any atom is -0.370 e. The van der Waals surface area contributed by atoms with Crippen molar-refractivity contribution in [3.8, 4) is 0 Å². The summed E-state index contributed by atoms with van der Waals surface area (Å²) in [6.07, 6.45) is 6.24. The van der Waals surface area contributed by atoms with Gasteiger partial charge in [0.25, 0.3) is 5.91 Å². The molecule has 106 valence electrons. The van der Waals surface area contributed by atoms with Gasteiger partial charge in [0.05, 0.1) is 5.56 Å². The third-order valence-corrected chi connectivity index (χ3v) is 3.00. The molecule has 1 amide bonds. The lowest BCUT2D eigenvalue weighted by molar-refractivity contribution is 0.0937. The lowest BCUT2D eigenvalue weighted by atomic mass is 10.1. The van der Waals surface area contributed by atoms with Gasteiger partial charge in [-0.3, -0.25) is 4.79 Å². The summed E-state index contributed by atoms with van der Waals surface area (Å²) in [4.78, 5) is 16.2. The summed E-state index contributed by atoms with van der Waals surface area (Å²) in [5.74, 6) is 0.759. The van der Waals surface area contributed by atoms with Crippen molar-refractivity contribution in [1.82, 2.24) is 10.3 Å². The van der Waals surface area contributed by atoms with Crippen molar-refractivity contribution in [2.75, 3.05) is 11.9 Å². The molecule has 0 spiro atoms. The first-order chi connectivity index (χ1) is 9.17.